The monoisotopic (exact) mass is 348 g/mol. The van der Waals surface area contributed by atoms with E-state index in [2.05, 4.69) is 5.10 Å². The number of amides is 2. The van der Waals surface area contributed by atoms with Gasteiger partial charge in [0.2, 0.25) is 0 Å². The fourth-order valence-electron chi connectivity index (χ4n) is 4.26. The lowest BCUT2D eigenvalue weighted by Crippen LogP contribution is -2.48. The summed E-state index contributed by atoms with van der Waals surface area (Å²) < 4.78 is 14.1. The zero-order valence-corrected chi connectivity index (χ0v) is 14.8. The third kappa shape index (κ3) is 3.67. The maximum atomic E-state index is 12.9. The molecule has 1 aromatic heterocycles. The van der Waals surface area contributed by atoms with Crippen molar-refractivity contribution >= 4 is 6.03 Å². The first-order chi connectivity index (χ1) is 12.3. The van der Waals surface area contributed by atoms with E-state index in [9.17, 15) is 4.79 Å². The lowest BCUT2D eigenvalue weighted by atomic mass is 10.0. The summed E-state index contributed by atoms with van der Waals surface area (Å²) in [6.45, 7) is 4.74. The van der Waals surface area contributed by atoms with Gasteiger partial charge in [-0.1, -0.05) is 0 Å². The van der Waals surface area contributed by atoms with Crippen LogP contribution in [0.3, 0.4) is 0 Å². The van der Waals surface area contributed by atoms with Gasteiger partial charge in [-0.05, 0) is 38.2 Å². The summed E-state index contributed by atoms with van der Waals surface area (Å²) in [5, 5.41) is 4.21. The van der Waals surface area contributed by atoms with E-state index in [4.69, 9.17) is 9.47 Å². The Balaban J connectivity index is 1.32. The second-order valence-electron chi connectivity index (χ2n) is 7.21. The molecule has 0 aromatic carbocycles. The molecule has 3 aliphatic heterocycles. The van der Waals surface area contributed by atoms with Crippen LogP contribution in [0.1, 0.15) is 32.1 Å². The number of urea groups is 1. The normalized spacial score (nSPS) is 29.2. The maximum absolute atomic E-state index is 12.9. The first kappa shape index (κ1) is 16.8. The minimum absolute atomic E-state index is 0.00512. The van der Waals surface area contributed by atoms with Crippen molar-refractivity contribution in [1.82, 2.24) is 19.6 Å². The molecule has 3 atom stereocenters. The Morgan fingerprint density at radius 2 is 2.16 bits per heavy atom. The minimum Gasteiger partial charge on any atom is -0.374 e. The van der Waals surface area contributed by atoms with Gasteiger partial charge in [0.15, 0.2) is 0 Å². The fourth-order valence-corrected chi connectivity index (χ4v) is 4.26. The summed E-state index contributed by atoms with van der Waals surface area (Å²) in [5.41, 5.74) is 0. The molecule has 25 heavy (non-hydrogen) atoms. The van der Waals surface area contributed by atoms with Crippen molar-refractivity contribution in [1.29, 1.82) is 0 Å². The Kier molecular flexibility index (Phi) is 5.22. The molecule has 0 bridgehead atoms. The number of rotatable bonds is 5. The molecular weight excluding hydrogens is 320 g/mol. The summed E-state index contributed by atoms with van der Waals surface area (Å²) >= 11 is 0. The van der Waals surface area contributed by atoms with Crippen LogP contribution in [-0.2, 0) is 16.0 Å². The van der Waals surface area contributed by atoms with Gasteiger partial charge in [0.25, 0.3) is 0 Å². The Labute approximate surface area is 148 Å². The predicted molar refractivity (Wildman–Crippen MR) is 92.3 cm³/mol. The van der Waals surface area contributed by atoms with Crippen molar-refractivity contribution in [3.8, 4) is 0 Å². The summed E-state index contributed by atoms with van der Waals surface area (Å²) in [4.78, 5) is 16.9. The topological polar surface area (TPSA) is 59.8 Å². The molecule has 2 amide bonds. The van der Waals surface area contributed by atoms with Crippen LogP contribution in [0.5, 0.6) is 0 Å². The van der Waals surface area contributed by atoms with E-state index in [0.29, 0.717) is 13.2 Å². The number of hydrogen-bond donors (Lipinski definition) is 0. The largest absolute Gasteiger partial charge is 0.374 e. The molecule has 0 N–H and O–H groups in total. The quantitative estimate of drug-likeness (QED) is 0.761. The van der Waals surface area contributed by atoms with Gasteiger partial charge in [-0.25, -0.2) is 4.79 Å². The Hall–Kier alpha value is -1.60. The lowest BCUT2D eigenvalue weighted by Gasteiger charge is -2.34. The number of fused-ring (bicyclic) bond motifs is 1. The van der Waals surface area contributed by atoms with Gasteiger partial charge in [-0.2, -0.15) is 5.10 Å². The maximum Gasteiger partial charge on any atom is 0.320 e. The van der Waals surface area contributed by atoms with Crippen LogP contribution >= 0.6 is 0 Å². The highest BCUT2D eigenvalue weighted by Gasteiger charge is 2.47. The van der Waals surface area contributed by atoms with Crippen LogP contribution in [0.15, 0.2) is 18.5 Å². The van der Waals surface area contributed by atoms with Gasteiger partial charge in [-0.15, -0.1) is 0 Å². The molecule has 7 nitrogen and oxygen atoms in total. The van der Waals surface area contributed by atoms with Crippen LogP contribution in [0, 0.1) is 0 Å². The fraction of sp³-hybridized carbons (Fsp3) is 0.778. The number of likely N-dealkylation sites (tertiary alicyclic amines) is 2. The number of carbonyl (C=O) groups is 1. The van der Waals surface area contributed by atoms with E-state index >= 15 is 0 Å². The average molecular weight is 348 g/mol. The molecule has 0 spiro atoms. The Bertz CT molecular complexity index is 559. The zero-order chi connectivity index (χ0) is 17.1. The van der Waals surface area contributed by atoms with Crippen molar-refractivity contribution in [3.63, 3.8) is 0 Å². The van der Waals surface area contributed by atoms with Crippen molar-refractivity contribution < 1.29 is 14.3 Å². The zero-order valence-electron chi connectivity index (χ0n) is 14.8. The molecule has 3 fully saturated rings. The highest BCUT2D eigenvalue weighted by atomic mass is 16.5. The van der Waals surface area contributed by atoms with Crippen LogP contribution in [0.25, 0.3) is 0 Å². The Morgan fingerprint density at radius 3 is 2.96 bits per heavy atom. The highest BCUT2D eigenvalue weighted by molar-refractivity contribution is 5.75. The molecule has 1 aromatic rings. The molecule has 0 unspecified atom stereocenters. The van der Waals surface area contributed by atoms with E-state index in [-0.39, 0.29) is 24.3 Å². The number of aromatic nitrogens is 2. The number of ether oxygens (including phenoxy) is 2. The third-order valence-corrected chi connectivity index (χ3v) is 5.52. The summed E-state index contributed by atoms with van der Waals surface area (Å²) in [5.74, 6) is 0. The van der Waals surface area contributed by atoms with E-state index < -0.39 is 0 Å². The van der Waals surface area contributed by atoms with Crippen LogP contribution in [0.4, 0.5) is 4.79 Å². The molecule has 4 rings (SSSR count). The summed E-state index contributed by atoms with van der Waals surface area (Å²) in [7, 11) is 0. The molecule has 7 heteroatoms. The first-order valence-corrected chi connectivity index (χ1v) is 9.59. The lowest BCUT2D eigenvalue weighted by molar-refractivity contribution is -0.0769. The molecule has 138 valence electrons. The highest BCUT2D eigenvalue weighted by Crippen LogP contribution is 2.32. The smallest absolute Gasteiger partial charge is 0.320 e. The van der Waals surface area contributed by atoms with E-state index in [0.717, 1.165) is 58.3 Å². The number of carbonyl (C=O) groups excluding carboxylic acids is 1. The van der Waals surface area contributed by atoms with Crippen LogP contribution < -0.4 is 0 Å². The third-order valence-electron chi connectivity index (χ3n) is 5.52. The molecule has 3 aliphatic rings. The van der Waals surface area contributed by atoms with Gasteiger partial charge in [0.05, 0.1) is 12.6 Å². The van der Waals surface area contributed by atoms with Crippen LogP contribution in [0.2, 0.25) is 0 Å². The minimum atomic E-state index is -0.00512. The molecular formula is C18H28N4O3. The molecule has 0 saturated carbocycles. The second-order valence-corrected chi connectivity index (χ2v) is 7.21. The van der Waals surface area contributed by atoms with Gasteiger partial charge >= 0.3 is 6.03 Å². The average Bonchev–Trinajstić information content (AvgIpc) is 3.39. The summed E-state index contributed by atoms with van der Waals surface area (Å²) in [6.07, 6.45) is 8.99. The number of aryl methyl sites for hydroxylation is 1. The van der Waals surface area contributed by atoms with Gasteiger partial charge < -0.3 is 19.3 Å². The SMILES string of the molecule is O=C(N1CCCC1)N1C[C@@H](OCCCn2cccn2)[C@H]2OCCC[C@H]21. The first-order valence-electron chi connectivity index (χ1n) is 9.59. The predicted octanol–water partition coefficient (Wildman–Crippen LogP) is 1.74. The van der Waals surface area contributed by atoms with Gasteiger partial charge in [-0.3, -0.25) is 4.68 Å². The van der Waals surface area contributed by atoms with Crippen molar-refractivity contribution in [2.24, 2.45) is 0 Å². The van der Waals surface area contributed by atoms with Crippen molar-refractivity contribution in [2.75, 3.05) is 32.8 Å². The van der Waals surface area contributed by atoms with E-state index in [1.165, 1.54) is 0 Å². The molecule has 4 heterocycles. The summed E-state index contributed by atoms with van der Waals surface area (Å²) in [6, 6.07) is 2.29. The van der Waals surface area contributed by atoms with Gasteiger partial charge in [0, 0.05) is 45.2 Å². The van der Waals surface area contributed by atoms with Gasteiger partial charge in [0.1, 0.15) is 12.2 Å². The Morgan fingerprint density at radius 1 is 1.28 bits per heavy atom. The molecule has 0 aliphatic carbocycles. The molecule has 0 radical (unpaired) electrons. The number of nitrogens with zero attached hydrogens (tertiary/aromatic N) is 4. The second kappa shape index (κ2) is 7.74. The van der Waals surface area contributed by atoms with E-state index in [1.807, 2.05) is 26.7 Å². The van der Waals surface area contributed by atoms with Crippen molar-refractivity contribution in [2.45, 2.75) is 56.9 Å². The van der Waals surface area contributed by atoms with Crippen molar-refractivity contribution in [3.05, 3.63) is 18.5 Å². The molecule has 3 saturated heterocycles. The van der Waals surface area contributed by atoms with Crippen LogP contribution in [-0.4, -0.2) is 76.7 Å². The standard InChI is InChI=1S/C18H28N4O3/c23-18(20-8-1-2-9-20)22-14-16(17-15(22)6-3-12-25-17)24-13-5-11-21-10-4-7-19-21/h4,7,10,15-17H,1-3,5-6,8-9,11-14H2/t15-,16-,17+/m1/s1. The number of hydrogen-bond acceptors (Lipinski definition) is 4. The van der Waals surface area contributed by atoms with E-state index in [1.54, 1.807) is 6.20 Å².